The Hall–Kier alpha value is -1.32. The van der Waals surface area contributed by atoms with E-state index in [0.29, 0.717) is 5.69 Å². The van der Waals surface area contributed by atoms with Crippen molar-refractivity contribution in [3.05, 3.63) is 17.5 Å². The zero-order valence-electron chi connectivity index (χ0n) is 6.43. The maximum absolute atomic E-state index is 11.2. The summed E-state index contributed by atoms with van der Waals surface area (Å²) in [5.41, 5.74) is 1.27. The molecule has 1 aliphatic heterocycles. The van der Waals surface area contributed by atoms with Crippen LogP contribution in [0.4, 0.5) is 0 Å². The van der Waals surface area contributed by atoms with E-state index < -0.39 is 0 Å². The van der Waals surface area contributed by atoms with Crippen LogP contribution in [0.15, 0.2) is 6.20 Å². The average Bonchev–Trinajstić information content (AvgIpc) is 2.37. The lowest BCUT2D eigenvalue weighted by molar-refractivity contribution is 0.0935. The zero-order chi connectivity index (χ0) is 8.06. The minimum Gasteiger partial charge on any atom is -0.342 e. The van der Waals surface area contributed by atoms with Crippen LogP contribution in [0.5, 0.6) is 0 Å². The fourth-order valence-corrected chi connectivity index (χ4v) is 1.35. The topological polar surface area (TPSA) is 57.8 Å². The maximum Gasteiger partial charge on any atom is 0.270 e. The second kappa shape index (κ2) is 1.64. The smallest absolute Gasteiger partial charge is 0.270 e. The summed E-state index contributed by atoms with van der Waals surface area (Å²) < 4.78 is 0. The van der Waals surface area contributed by atoms with Crippen LogP contribution in [0.1, 0.15) is 29.9 Å². The Labute approximate surface area is 64.0 Å². The normalized spacial score (nSPS) is 19.6. The van der Waals surface area contributed by atoms with Gasteiger partial charge in [0, 0.05) is 5.56 Å². The van der Waals surface area contributed by atoms with Gasteiger partial charge in [-0.25, -0.2) is 0 Å². The monoisotopic (exact) mass is 151 g/mol. The highest BCUT2D eigenvalue weighted by molar-refractivity contribution is 5.97. The van der Waals surface area contributed by atoms with Crippen molar-refractivity contribution in [2.24, 2.45) is 0 Å². The molecule has 4 heteroatoms. The zero-order valence-corrected chi connectivity index (χ0v) is 6.43. The molecule has 1 amide bonds. The maximum atomic E-state index is 11.2. The lowest BCUT2D eigenvalue weighted by Crippen LogP contribution is -2.33. The lowest BCUT2D eigenvalue weighted by Gasteiger charge is -2.16. The van der Waals surface area contributed by atoms with Crippen LogP contribution in [0.2, 0.25) is 0 Å². The molecule has 0 saturated heterocycles. The number of aromatic nitrogens is 2. The number of amides is 1. The van der Waals surface area contributed by atoms with E-state index in [9.17, 15) is 4.79 Å². The van der Waals surface area contributed by atoms with Gasteiger partial charge in [0.05, 0.1) is 11.7 Å². The van der Waals surface area contributed by atoms with Gasteiger partial charge in [-0.3, -0.25) is 9.89 Å². The van der Waals surface area contributed by atoms with Crippen LogP contribution in [0.3, 0.4) is 0 Å². The fraction of sp³-hybridized carbons (Fsp3) is 0.429. The molecule has 0 spiro atoms. The van der Waals surface area contributed by atoms with E-state index >= 15 is 0 Å². The third-order valence-electron chi connectivity index (χ3n) is 1.97. The highest BCUT2D eigenvalue weighted by Crippen LogP contribution is 2.27. The highest BCUT2D eigenvalue weighted by atomic mass is 16.2. The van der Waals surface area contributed by atoms with Gasteiger partial charge in [-0.05, 0) is 13.8 Å². The number of nitrogens with one attached hydrogen (secondary N) is 2. The quantitative estimate of drug-likeness (QED) is 0.563. The molecule has 4 nitrogen and oxygen atoms in total. The largest absolute Gasteiger partial charge is 0.342 e. The Bertz CT molecular complexity index is 313. The number of fused-ring (bicyclic) bond motifs is 1. The number of carbonyl (C=O) groups excluding carboxylic acids is 1. The molecule has 0 radical (unpaired) electrons. The van der Waals surface area contributed by atoms with Crippen molar-refractivity contribution in [3.8, 4) is 0 Å². The van der Waals surface area contributed by atoms with Crippen molar-refractivity contribution in [2.75, 3.05) is 0 Å². The molecule has 1 aliphatic rings. The van der Waals surface area contributed by atoms with Gasteiger partial charge in [0.2, 0.25) is 0 Å². The van der Waals surface area contributed by atoms with Gasteiger partial charge in [-0.2, -0.15) is 5.10 Å². The van der Waals surface area contributed by atoms with Gasteiger partial charge in [-0.15, -0.1) is 0 Å². The van der Waals surface area contributed by atoms with Gasteiger partial charge in [0.15, 0.2) is 0 Å². The molecular weight excluding hydrogens is 142 g/mol. The molecule has 11 heavy (non-hydrogen) atoms. The first kappa shape index (κ1) is 6.39. The minimum absolute atomic E-state index is 0.0671. The number of H-pyrrole nitrogens is 1. The molecule has 0 aromatic carbocycles. The summed E-state index contributed by atoms with van der Waals surface area (Å²) in [5.74, 6) is -0.0671. The van der Waals surface area contributed by atoms with E-state index in [1.165, 1.54) is 0 Å². The molecule has 0 atom stereocenters. The molecule has 2 rings (SSSR count). The van der Waals surface area contributed by atoms with E-state index in [2.05, 4.69) is 15.5 Å². The van der Waals surface area contributed by atoms with Gasteiger partial charge in [0.1, 0.15) is 5.69 Å². The Balaban J connectivity index is 2.63. The summed E-state index contributed by atoms with van der Waals surface area (Å²) in [6.45, 7) is 3.90. The lowest BCUT2D eigenvalue weighted by atomic mass is 10.00. The molecule has 0 fully saturated rings. The third kappa shape index (κ3) is 0.691. The molecule has 0 unspecified atom stereocenters. The molecule has 2 heterocycles. The second-order valence-corrected chi connectivity index (χ2v) is 3.24. The average molecular weight is 151 g/mol. The molecule has 1 aromatic heterocycles. The predicted octanol–water partition coefficient (Wildman–Crippen LogP) is 0.388. The third-order valence-corrected chi connectivity index (χ3v) is 1.97. The first-order chi connectivity index (χ1) is 5.11. The summed E-state index contributed by atoms with van der Waals surface area (Å²) in [5, 5.41) is 9.29. The first-order valence-electron chi connectivity index (χ1n) is 3.47. The minimum atomic E-state index is -0.264. The van der Waals surface area contributed by atoms with Crippen LogP contribution in [0.25, 0.3) is 0 Å². The van der Waals surface area contributed by atoms with E-state index in [1.807, 2.05) is 13.8 Å². The summed E-state index contributed by atoms with van der Waals surface area (Å²) in [6.07, 6.45) is 1.69. The molecule has 58 valence electrons. The number of aromatic amines is 1. The van der Waals surface area contributed by atoms with E-state index in [1.54, 1.807) is 6.20 Å². The summed E-state index contributed by atoms with van der Waals surface area (Å²) >= 11 is 0. The highest BCUT2D eigenvalue weighted by Gasteiger charge is 2.36. The van der Waals surface area contributed by atoms with E-state index in [0.717, 1.165) is 5.56 Å². The van der Waals surface area contributed by atoms with E-state index in [-0.39, 0.29) is 11.4 Å². The van der Waals surface area contributed by atoms with Gasteiger partial charge in [-0.1, -0.05) is 0 Å². The number of carbonyl (C=O) groups is 1. The van der Waals surface area contributed by atoms with Crippen molar-refractivity contribution in [1.82, 2.24) is 15.5 Å². The fourth-order valence-electron chi connectivity index (χ4n) is 1.35. The van der Waals surface area contributed by atoms with E-state index in [4.69, 9.17) is 0 Å². The van der Waals surface area contributed by atoms with Crippen LogP contribution in [-0.4, -0.2) is 16.1 Å². The van der Waals surface area contributed by atoms with Crippen molar-refractivity contribution < 1.29 is 4.79 Å². The van der Waals surface area contributed by atoms with Crippen molar-refractivity contribution in [1.29, 1.82) is 0 Å². The predicted molar refractivity (Wildman–Crippen MR) is 39.1 cm³/mol. The Morgan fingerprint density at radius 2 is 2.27 bits per heavy atom. The van der Waals surface area contributed by atoms with Gasteiger partial charge < -0.3 is 5.32 Å². The SMILES string of the molecule is CC1(C)NC(=O)c2[nH]ncc21. The van der Waals surface area contributed by atoms with Crippen molar-refractivity contribution in [2.45, 2.75) is 19.4 Å². The van der Waals surface area contributed by atoms with Gasteiger partial charge in [0.25, 0.3) is 5.91 Å². The number of nitrogens with zero attached hydrogens (tertiary/aromatic N) is 1. The Morgan fingerprint density at radius 3 is 2.91 bits per heavy atom. The van der Waals surface area contributed by atoms with Crippen molar-refractivity contribution >= 4 is 5.91 Å². The van der Waals surface area contributed by atoms with Crippen LogP contribution >= 0.6 is 0 Å². The molecule has 0 aliphatic carbocycles. The molecule has 2 N–H and O–H groups in total. The van der Waals surface area contributed by atoms with Crippen LogP contribution in [-0.2, 0) is 5.54 Å². The number of hydrogen-bond donors (Lipinski definition) is 2. The van der Waals surface area contributed by atoms with Gasteiger partial charge >= 0.3 is 0 Å². The van der Waals surface area contributed by atoms with Crippen molar-refractivity contribution in [3.63, 3.8) is 0 Å². The summed E-state index contributed by atoms with van der Waals surface area (Å²) in [4.78, 5) is 11.2. The standard InChI is InChI=1S/C7H9N3O/c1-7(2)4-3-8-10-5(4)6(11)9-7/h3H,1-2H3,(H,8,10)(H,9,11). The Morgan fingerprint density at radius 1 is 1.55 bits per heavy atom. The van der Waals surface area contributed by atoms with Crippen LogP contribution in [0, 0.1) is 0 Å². The number of rotatable bonds is 0. The van der Waals surface area contributed by atoms with Crippen LogP contribution < -0.4 is 5.32 Å². The Kier molecular flexibility index (Phi) is 0.952. The number of hydrogen-bond acceptors (Lipinski definition) is 2. The first-order valence-corrected chi connectivity index (χ1v) is 3.47. The second-order valence-electron chi connectivity index (χ2n) is 3.24. The summed E-state index contributed by atoms with van der Waals surface area (Å²) in [6, 6.07) is 0. The molecule has 0 saturated carbocycles. The molecule has 0 bridgehead atoms. The molecule has 1 aromatic rings. The molecular formula is C7H9N3O. The summed E-state index contributed by atoms with van der Waals surface area (Å²) in [7, 11) is 0.